The van der Waals surface area contributed by atoms with E-state index in [9.17, 15) is 0 Å². The third kappa shape index (κ3) is 2.37. The Balaban J connectivity index is 2.11. The average Bonchev–Trinajstić information content (AvgIpc) is 3.14. The number of imidazole rings is 1. The first kappa shape index (κ1) is 14.0. The zero-order valence-corrected chi connectivity index (χ0v) is 13.5. The van der Waals surface area contributed by atoms with Gasteiger partial charge in [0.2, 0.25) is 5.88 Å². The van der Waals surface area contributed by atoms with Crippen molar-refractivity contribution in [3.63, 3.8) is 0 Å². The van der Waals surface area contributed by atoms with Crippen LogP contribution in [0, 0.1) is 0 Å². The topological polar surface area (TPSA) is 39.9 Å². The lowest BCUT2D eigenvalue weighted by molar-refractivity contribution is 0.399. The normalized spacial score (nSPS) is 18.2. The van der Waals surface area contributed by atoms with Crippen molar-refractivity contribution in [2.45, 2.75) is 36.4 Å². The summed E-state index contributed by atoms with van der Waals surface area (Å²) >= 11 is 8.22. The van der Waals surface area contributed by atoms with E-state index in [0.29, 0.717) is 10.6 Å². The molecule has 6 heteroatoms. The van der Waals surface area contributed by atoms with Crippen LogP contribution in [0.4, 0.5) is 0 Å². The Labute approximate surface area is 127 Å². The second-order valence-electron chi connectivity index (χ2n) is 5.26. The van der Waals surface area contributed by atoms with Crippen molar-refractivity contribution < 1.29 is 4.74 Å². The lowest BCUT2D eigenvalue weighted by Gasteiger charge is -2.16. The quantitative estimate of drug-likeness (QED) is 0.790. The molecule has 2 aromatic rings. The Morgan fingerprint density at radius 2 is 2.20 bits per heavy atom. The minimum Gasteiger partial charge on any atom is -0.481 e. The molecule has 2 heterocycles. The van der Waals surface area contributed by atoms with E-state index >= 15 is 0 Å². The van der Waals surface area contributed by atoms with E-state index < -0.39 is 0 Å². The average molecular weight is 312 g/mol. The third-order valence-corrected chi connectivity index (χ3v) is 5.45. The molecule has 0 aromatic carbocycles. The SMILES string of the molecule is COc1ccc2nc(C(C)Cl)n(CC3(SC)CC3)c2n1. The van der Waals surface area contributed by atoms with Crippen molar-refractivity contribution in [1.82, 2.24) is 14.5 Å². The number of hydrogen-bond acceptors (Lipinski definition) is 4. The molecule has 2 aromatic heterocycles. The van der Waals surface area contributed by atoms with Crippen LogP contribution >= 0.6 is 23.4 Å². The number of alkyl halides is 1. The molecular weight excluding hydrogens is 294 g/mol. The summed E-state index contributed by atoms with van der Waals surface area (Å²) in [7, 11) is 1.63. The van der Waals surface area contributed by atoms with Crippen molar-refractivity contribution in [1.29, 1.82) is 0 Å². The molecule has 4 nitrogen and oxygen atoms in total. The van der Waals surface area contributed by atoms with Gasteiger partial charge in [-0.1, -0.05) is 0 Å². The second-order valence-corrected chi connectivity index (χ2v) is 7.18. The highest BCUT2D eigenvalue weighted by molar-refractivity contribution is 8.00. The highest BCUT2D eigenvalue weighted by atomic mass is 35.5. The number of nitrogens with zero attached hydrogens (tertiary/aromatic N) is 3. The van der Waals surface area contributed by atoms with Gasteiger partial charge < -0.3 is 9.30 Å². The maximum Gasteiger partial charge on any atom is 0.215 e. The number of hydrogen-bond donors (Lipinski definition) is 0. The number of rotatable bonds is 5. The second kappa shape index (κ2) is 5.11. The molecule has 0 N–H and O–H groups in total. The summed E-state index contributed by atoms with van der Waals surface area (Å²) in [4.78, 5) is 9.19. The Morgan fingerprint density at radius 1 is 1.45 bits per heavy atom. The summed E-state index contributed by atoms with van der Waals surface area (Å²) in [5.41, 5.74) is 1.75. The summed E-state index contributed by atoms with van der Waals surface area (Å²) in [6, 6.07) is 3.78. The van der Waals surface area contributed by atoms with E-state index in [1.165, 1.54) is 12.8 Å². The number of pyridine rings is 1. The summed E-state index contributed by atoms with van der Waals surface area (Å²) in [6.07, 6.45) is 4.66. The lowest BCUT2D eigenvalue weighted by Crippen LogP contribution is -2.16. The summed E-state index contributed by atoms with van der Waals surface area (Å²) in [5.74, 6) is 1.50. The first-order chi connectivity index (χ1) is 9.58. The van der Waals surface area contributed by atoms with Gasteiger partial charge in [-0.3, -0.25) is 0 Å². The molecule has 1 fully saturated rings. The third-order valence-electron chi connectivity index (χ3n) is 3.85. The van der Waals surface area contributed by atoms with Crippen LogP contribution in [0.2, 0.25) is 0 Å². The fraction of sp³-hybridized carbons (Fsp3) is 0.571. The molecule has 0 radical (unpaired) electrons. The Hall–Kier alpha value is -0.940. The summed E-state index contributed by atoms with van der Waals surface area (Å²) in [5, 5.41) is -0.132. The molecule has 0 spiro atoms. The zero-order chi connectivity index (χ0) is 14.3. The highest BCUT2D eigenvalue weighted by Gasteiger charge is 2.43. The Morgan fingerprint density at radius 3 is 2.75 bits per heavy atom. The summed E-state index contributed by atoms with van der Waals surface area (Å²) < 4.78 is 7.73. The fourth-order valence-electron chi connectivity index (χ4n) is 2.43. The van der Waals surface area contributed by atoms with Crippen molar-refractivity contribution in [2.75, 3.05) is 13.4 Å². The van der Waals surface area contributed by atoms with Crippen LogP contribution in [0.1, 0.15) is 31.0 Å². The smallest absolute Gasteiger partial charge is 0.215 e. The number of methoxy groups -OCH3 is 1. The number of ether oxygens (including phenoxy) is 1. The molecule has 1 saturated carbocycles. The van der Waals surface area contributed by atoms with Crippen LogP contribution < -0.4 is 4.74 Å². The molecule has 1 aliphatic carbocycles. The van der Waals surface area contributed by atoms with Gasteiger partial charge in [0.05, 0.1) is 12.5 Å². The van der Waals surface area contributed by atoms with E-state index in [2.05, 4.69) is 20.8 Å². The lowest BCUT2D eigenvalue weighted by atomic mass is 10.3. The van der Waals surface area contributed by atoms with Crippen molar-refractivity contribution >= 4 is 34.5 Å². The molecule has 20 heavy (non-hydrogen) atoms. The minimum absolute atomic E-state index is 0.132. The largest absolute Gasteiger partial charge is 0.481 e. The molecule has 108 valence electrons. The molecule has 3 rings (SSSR count). The number of halogens is 1. The number of fused-ring (bicyclic) bond motifs is 1. The Bertz CT molecular complexity index is 637. The molecule has 1 aliphatic rings. The maximum absolute atomic E-state index is 6.30. The number of thioether (sulfide) groups is 1. The van der Waals surface area contributed by atoms with Gasteiger partial charge in [0.15, 0.2) is 5.65 Å². The van der Waals surface area contributed by atoms with E-state index in [-0.39, 0.29) is 5.38 Å². The standard InChI is InChI=1S/C14H18ClN3OS/c1-9(15)12-16-10-4-5-11(19-2)17-13(10)18(12)8-14(20-3)6-7-14/h4-5,9H,6-8H2,1-3H3. The van der Waals surface area contributed by atoms with Crippen LogP contribution in [0.15, 0.2) is 12.1 Å². The van der Waals surface area contributed by atoms with E-state index in [1.807, 2.05) is 30.8 Å². The van der Waals surface area contributed by atoms with Crippen molar-refractivity contribution in [3.8, 4) is 5.88 Å². The maximum atomic E-state index is 6.30. The van der Waals surface area contributed by atoms with Crippen LogP contribution in [0.3, 0.4) is 0 Å². The molecular formula is C14H18ClN3OS. The van der Waals surface area contributed by atoms with Crippen LogP contribution in [0.5, 0.6) is 5.88 Å². The Kier molecular flexibility index (Phi) is 3.58. The molecule has 0 amide bonds. The van der Waals surface area contributed by atoms with Gasteiger partial charge in [-0.15, -0.1) is 11.6 Å². The molecule has 1 unspecified atom stereocenters. The van der Waals surface area contributed by atoms with Crippen LogP contribution in [0.25, 0.3) is 11.2 Å². The van der Waals surface area contributed by atoms with Gasteiger partial charge in [-0.25, -0.2) is 4.98 Å². The molecule has 0 bridgehead atoms. The van der Waals surface area contributed by atoms with E-state index in [0.717, 1.165) is 23.5 Å². The predicted octanol–water partition coefficient (Wildman–Crippen LogP) is 3.64. The monoisotopic (exact) mass is 311 g/mol. The van der Waals surface area contributed by atoms with Gasteiger partial charge in [-0.05, 0) is 32.1 Å². The van der Waals surface area contributed by atoms with E-state index in [1.54, 1.807) is 7.11 Å². The zero-order valence-electron chi connectivity index (χ0n) is 11.9. The minimum atomic E-state index is -0.132. The van der Waals surface area contributed by atoms with E-state index in [4.69, 9.17) is 16.3 Å². The molecule has 1 atom stereocenters. The number of aromatic nitrogens is 3. The van der Waals surface area contributed by atoms with Gasteiger partial charge in [0.25, 0.3) is 0 Å². The molecule has 0 saturated heterocycles. The fourth-order valence-corrected chi connectivity index (χ4v) is 3.36. The first-order valence-electron chi connectivity index (χ1n) is 6.69. The van der Waals surface area contributed by atoms with Gasteiger partial charge >= 0.3 is 0 Å². The van der Waals surface area contributed by atoms with Gasteiger partial charge in [-0.2, -0.15) is 16.7 Å². The predicted molar refractivity (Wildman–Crippen MR) is 83.8 cm³/mol. The van der Waals surface area contributed by atoms with Crippen LogP contribution in [-0.4, -0.2) is 32.6 Å². The summed E-state index contributed by atoms with van der Waals surface area (Å²) in [6.45, 7) is 2.87. The molecule has 0 aliphatic heterocycles. The van der Waals surface area contributed by atoms with Crippen molar-refractivity contribution in [3.05, 3.63) is 18.0 Å². The van der Waals surface area contributed by atoms with Gasteiger partial charge in [0, 0.05) is 17.4 Å². The first-order valence-corrected chi connectivity index (χ1v) is 8.35. The van der Waals surface area contributed by atoms with Crippen LogP contribution in [-0.2, 0) is 6.54 Å². The van der Waals surface area contributed by atoms with Gasteiger partial charge in [0.1, 0.15) is 11.3 Å². The highest BCUT2D eigenvalue weighted by Crippen LogP contribution is 2.49. The van der Waals surface area contributed by atoms with Crippen molar-refractivity contribution in [2.24, 2.45) is 0 Å².